The molecule has 0 atom stereocenters. The zero-order valence-electron chi connectivity index (χ0n) is 16.6. The lowest BCUT2D eigenvalue weighted by atomic mass is 10.1. The van der Waals surface area contributed by atoms with Gasteiger partial charge >= 0.3 is 0 Å². The highest BCUT2D eigenvalue weighted by Crippen LogP contribution is 2.26. The third-order valence-corrected chi connectivity index (χ3v) is 6.42. The maximum absolute atomic E-state index is 12.8. The van der Waals surface area contributed by atoms with Crippen molar-refractivity contribution in [1.82, 2.24) is 0 Å². The van der Waals surface area contributed by atoms with Gasteiger partial charge in [0.15, 0.2) is 0 Å². The molecule has 1 aliphatic heterocycles. The van der Waals surface area contributed by atoms with Crippen molar-refractivity contribution in [1.29, 1.82) is 0 Å². The summed E-state index contributed by atoms with van der Waals surface area (Å²) in [6.07, 6.45) is 4.87. The first-order valence-corrected chi connectivity index (χ1v) is 11.3. The molecule has 150 valence electrons. The average Bonchev–Trinajstić information content (AvgIpc) is 2.68. The lowest BCUT2D eigenvalue weighted by Crippen LogP contribution is -2.29. The van der Waals surface area contributed by atoms with E-state index < -0.39 is 10.0 Å². The molecule has 3 rings (SSSR count). The molecule has 2 aromatic rings. The van der Waals surface area contributed by atoms with Gasteiger partial charge < -0.3 is 10.2 Å². The highest BCUT2D eigenvalue weighted by molar-refractivity contribution is 7.92. The monoisotopic (exact) mass is 401 g/mol. The zero-order valence-corrected chi connectivity index (χ0v) is 17.4. The van der Waals surface area contributed by atoms with Gasteiger partial charge in [0.25, 0.3) is 5.91 Å². The maximum Gasteiger partial charge on any atom is 0.256 e. The van der Waals surface area contributed by atoms with E-state index in [0.29, 0.717) is 22.5 Å². The largest absolute Gasteiger partial charge is 0.372 e. The predicted octanol–water partition coefficient (Wildman–Crippen LogP) is 3.63. The minimum absolute atomic E-state index is 0.257. The highest BCUT2D eigenvalue weighted by atomic mass is 32.2. The molecular formula is C21H27N3O3S. The fourth-order valence-electron chi connectivity index (χ4n) is 3.50. The molecule has 1 heterocycles. The molecule has 0 saturated carbocycles. The minimum atomic E-state index is -3.40. The smallest absolute Gasteiger partial charge is 0.256 e. The van der Waals surface area contributed by atoms with Crippen LogP contribution in [0.25, 0.3) is 0 Å². The Kier molecular flexibility index (Phi) is 5.93. The number of hydrogen-bond acceptors (Lipinski definition) is 4. The Labute approximate surface area is 167 Å². The summed E-state index contributed by atoms with van der Waals surface area (Å²) in [4.78, 5) is 15.1. The van der Waals surface area contributed by atoms with Crippen molar-refractivity contribution in [3.63, 3.8) is 0 Å². The summed E-state index contributed by atoms with van der Waals surface area (Å²) in [5.41, 5.74) is 3.46. The van der Waals surface area contributed by atoms with Gasteiger partial charge in [0.1, 0.15) is 0 Å². The number of piperidine rings is 1. The van der Waals surface area contributed by atoms with Gasteiger partial charge in [-0.1, -0.05) is 6.07 Å². The fourth-order valence-corrected chi connectivity index (χ4v) is 4.05. The molecule has 1 fully saturated rings. The van der Waals surface area contributed by atoms with Gasteiger partial charge in [-0.05, 0) is 68.1 Å². The number of amides is 1. The standard InChI is InChI=1S/C21H27N3O3S/c1-16-19(8-7-9-20(16)23(2)28(3,26)27)21(25)22-17-10-12-18(13-11-17)24-14-5-4-6-15-24/h7-13H,4-6,14-15H2,1-3H3,(H,22,25). The van der Waals surface area contributed by atoms with Crippen LogP contribution in [0, 0.1) is 6.92 Å². The number of hydrogen-bond donors (Lipinski definition) is 1. The minimum Gasteiger partial charge on any atom is -0.372 e. The van der Waals surface area contributed by atoms with Gasteiger partial charge in [-0.3, -0.25) is 9.10 Å². The van der Waals surface area contributed by atoms with Gasteiger partial charge in [0.05, 0.1) is 11.9 Å². The summed E-state index contributed by atoms with van der Waals surface area (Å²) < 4.78 is 24.9. The lowest BCUT2D eigenvalue weighted by Gasteiger charge is -2.28. The van der Waals surface area contributed by atoms with Gasteiger partial charge in [0.2, 0.25) is 10.0 Å². The summed E-state index contributed by atoms with van der Waals surface area (Å²) in [7, 11) is -1.91. The molecule has 7 heteroatoms. The molecule has 0 aromatic heterocycles. The second-order valence-electron chi connectivity index (χ2n) is 7.23. The number of nitrogens with one attached hydrogen (secondary N) is 1. The number of nitrogens with zero attached hydrogens (tertiary/aromatic N) is 2. The van der Waals surface area contributed by atoms with Crippen LogP contribution in [0.2, 0.25) is 0 Å². The number of rotatable bonds is 5. The molecule has 0 unspecified atom stereocenters. The molecule has 6 nitrogen and oxygen atoms in total. The van der Waals surface area contributed by atoms with Crippen molar-refractivity contribution in [2.24, 2.45) is 0 Å². The van der Waals surface area contributed by atoms with Crippen molar-refractivity contribution in [2.75, 3.05) is 40.9 Å². The van der Waals surface area contributed by atoms with E-state index in [1.165, 1.54) is 36.3 Å². The third kappa shape index (κ3) is 4.47. The van der Waals surface area contributed by atoms with E-state index in [4.69, 9.17) is 0 Å². The Hall–Kier alpha value is -2.54. The molecule has 0 spiro atoms. The van der Waals surface area contributed by atoms with Crippen LogP contribution in [0.5, 0.6) is 0 Å². The maximum atomic E-state index is 12.8. The molecule has 1 amide bonds. The second kappa shape index (κ2) is 8.22. The number of benzene rings is 2. The predicted molar refractivity (Wildman–Crippen MR) is 115 cm³/mol. The van der Waals surface area contributed by atoms with Crippen molar-refractivity contribution < 1.29 is 13.2 Å². The van der Waals surface area contributed by atoms with Gasteiger partial charge in [0, 0.05) is 37.1 Å². The molecular weight excluding hydrogens is 374 g/mol. The Bertz CT molecular complexity index is 949. The number of carbonyl (C=O) groups excluding carboxylic acids is 1. The molecule has 1 N–H and O–H groups in total. The van der Waals surface area contributed by atoms with Gasteiger partial charge in [-0.25, -0.2) is 8.42 Å². The Morgan fingerprint density at radius 2 is 1.68 bits per heavy atom. The van der Waals surface area contributed by atoms with E-state index in [1.807, 2.05) is 24.3 Å². The molecule has 0 aliphatic carbocycles. The molecule has 28 heavy (non-hydrogen) atoms. The molecule has 0 radical (unpaired) electrons. The van der Waals surface area contributed by atoms with E-state index in [-0.39, 0.29) is 5.91 Å². The van der Waals surface area contributed by atoms with Crippen LogP contribution >= 0.6 is 0 Å². The summed E-state index contributed by atoms with van der Waals surface area (Å²) in [6, 6.07) is 13.0. The van der Waals surface area contributed by atoms with Crippen LogP contribution in [0.4, 0.5) is 17.1 Å². The second-order valence-corrected chi connectivity index (χ2v) is 9.24. The topological polar surface area (TPSA) is 69.7 Å². The Morgan fingerprint density at radius 1 is 1.04 bits per heavy atom. The number of carbonyl (C=O) groups is 1. The normalized spacial score (nSPS) is 14.6. The number of sulfonamides is 1. The molecule has 0 bridgehead atoms. The van der Waals surface area contributed by atoms with Crippen LogP contribution in [0.1, 0.15) is 35.2 Å². The van der Waals surface area contributed by atoms with Crippen molar-refractivity contribution in [3.05, 3.63) is 53.6 Å². The molecule has 1 saturated heterocycles. The van der Waals surface area contributed by atoms with Crippen molar-refractivity contribution in [2.45, 2.75) is 26.2 Å². The van der Waals surface area contributed by atoms with Crippen molar-refractivity contribution >= 4 is 33.0 Å². The van der Waals surface area contributed by atoms with E-state index in [0.717, 1.165) is 19.3 Å². The first-order valence-electron chi connectivity index (χ1n) is 9.47. The molecule has 1 aliphatic rings. The van der Waals surface area contributed by atoms with E-state index in [2.05, 4.69) is 10.2 Å². The summed E-state index contributed by atoms with van der Waals surface area (Å²) >= 11 is 0. The van der Waals surface area contributed by atoms with Gasteiger partial charge in [-0.2, -0.15) is 0 Å². The van der Waals surface area contributed by atoms with E-state index in [9.17, 15) is 13.2 Å². The molecule has 2 aromatic carbocycles. The summed E-state index contributed by atoms with van der Waals surface area (Å²) in [6.45, 7) is 3.91. The fraction of sp³-hybridized carbons (Fsp3) is 0.381. The third-order valence-electron chi connectivity index (χ3n) is 5.23. The van der Waals surface area contributed by atoms with Crippen LogP contribution in [0.15, 0.2) is 42.5 Å². The lowest BCUT2D eigenvalue weighted by molar-refractivity contribution is 0.102. The quantitative estimate of drug-likeness (QED) is 0.831. The zero-order chi connectivity index (χ0) is 20.3. The summed E-state index contributed by atoms with van der Waals surface area (Å²) in [5, 5.41) is 2.91. The first kappa shape index (κ1) is 20.2. The Balaban J connectivity index is 1.76. The number of anilines is 3. The first-order chi connectivity index (χ1) is 13.3. The van der Waals surface area contributed by atoms with Crippen LogP contribution in [0.3, 0.4) is 0 Å². The van der Waals surface area contributed by atoms with Crippen LogP contribution < -0.4 is 14.5 Å². The van der Waals surface area contributed by atoms with Crippen LogP contribution in [-0.2, 0) is 10.0 Å². The SMILES string of the molecule is Cc1c(C(=O)Nc2ccc(N3CCCCC3)cc2)cccc1N(C)S(C)(=O)=O. The Morgan fingerprint density at radius 3 is 2.29 bits per heavy atom. The van der Waals surface area contributed by atoms with E-state index in [1.54, 1.807) is 25.1 Å². The van der Waals surface area contributed by atoms with Gasteiger partial charge in [-0.15, -0.1) is 0 Å². The van der Waals surface area contributed by atoms with Crippen molar-refractivity contribution in [3.8, 4) is 0 Å². The average molecular weight is 402 g/mol. The summed E-state index contributed by atoms with van der Waals surface area (Å²) in [5.74, 6) is -0.257. The highest BCUT2D eigenvalue weighted by Gasteiger charge is 2.19. The van der Waals surface area contributed by atoms with E-state index >= 15 is 0 Å². The van der Waals surface area contributed by atoms with Crippen LogP contribution in [-0.4, -0.2) is 40.7 Å².